The number of carbonyl (C=O) groups is 5. The average molecular weight is 687 g/mol. The van der Waals surface area contributed by atoms with E-state index in [4.69, 9.17) is 16.3 Å². The van der Waals surface area contributed by atoms with Crippen LogP contribution in [-0.4, -0.2) is 99.8 Å². The number of aliphatic hydroxyl groups excluding tert-OH is 1. The number of halogens is 1. The van der Waals surface area contributed by atoms with Crippen molar-refractivity contribution in [3.05, 3.63) is 70.7 Å². The summed E-state index contributed by atoms with van der Waals surface area (Å²) in [5.74, 6) is -3.52. The molecule has 4 N–H and O–H groups in total. The molecule has 2 aromatic carbocycles. The Bertz CT molecular complexity index is 1430. The molecule has 0 bridgehead atoms. The van der Waals surface area contributed by atoms with Crippen molar-refractivity contribution in [1.82, 2.24) is 20.4 Å². The van der Waals surface area contributed by atoms with Crippen LogP contribution in [0.3, 0.4) is 0 Å². The van der Waals surface area contributed by atoms with Crippen LogP contribution in [0.25, 0.3) is 0 Å². The molecule has 4 unspecified atom stereocenters. The first-order valence-electron chi connectivity index (χ1n) is 16.0. The number of aliphatic carboxylic acids is 1. The third-order valence-electron chi connectivity index (χ3n) is 8.37. The third kappa shape index (κ3) is 10.9. The molecule has 0 spiro atoms. The fraction of sp³-hybridized carbons (Fsp3) is 0.514. The van der Waals surface area contributed by atoms with E-state index in [9.17, 15) is 34.2 Å². The lowest BCUT2D eigenvalue weighted by atomic mass is 9.80. The Kier molecular flexibility index (Phi) is 13.4. The highest BCUT2D eigenvalue weighted by atomic mass is 35.5. The van der Waals surface area contributed by atoms with E-state index in [2.05, 4.69) is 10.6 Å². The predicted octanol–water partition coefficient (Wildman–Crippen LogP) is 3.43. The van der Waals surface area contributed by atoms with Gasteiger partial charge >= 0.3 is 12.1 Å². The predicted molar refractivity (Wildman–Crippen MR) is 180 cm³/mol. The maximum absolute atomic E-state index is 14.0. The van der Waals surface area contributed by atoms with Crippen molar-refractivity contribution < 1.29 is 38.9 Å². The number of hydrogen-bond donors (Lipinski definition) is 4. The zero-order valence-electron chi connectivity index (χ0n) is 28.2. The Balaban J connectivity index is 1.87. The highest BCUT2D eigenvalue weighted by molar-refractivity contribution is 6.30. The molecular weight excluding hydrogens is 640 g/mol. The van der Waals surface area contributed by atoms with Gasteiger partial charge in [0.25, 0.3) is 0 Å². The Morgan fingerprint density at radius 3 is 2.25 bits per heavy atom. The smallest absolute Gasteiger partial charge is 0.408 e. The van der Waals surface area contributed by atoms with Crippen LogP contribution in [0.2, 0.25) is 5.02 Å². The molecule has 0 radical (unpaired) electrons. The van der Waals surface area contributed by atoms with Gasteiger partial charge in [-0.25, -0.2) is 4.79 Å². The first-order chi connectivity index (χ1) is 22.5. The molecule has 3 rings (SSSR count). The topological polar surface area (TPSA) is 166 Å². The van der Waals surface area contributed by atoms with Crippen LogP contribution in [0.1, 0.15) is 58.1 Å². The summed E-state index contributed by atoms with van der Waals surface area (Å²) >= 11 is 6.14. The number of ether oxygens (including phenoxy) is 1. The summed E-state index contributed by atoms with van der Waals surface area (Å²) in [6.07, 6.45) is 0.423. The van der Waals surface area contributed by atoms with E-state index in [0.717, 1.165) is 11.1 Å². The number of nitrogens with one attached hydrogen (secondary N) is 2. The Labute approximate surface area is 286 Å². The van der Waals surface area contributed by atoms with E-state index in [0.29, 0.717) is 30.8 Å². The number of likely N-dealkylation sites (tertiary alicyclic amines) is 1. The first kappa shape index (κ1) is 38.3. The molecule has 48 heavy (non-hydrogen) atoms. The third-order valence-corrected chi connectivity index (χ3v) is 8.63. The maximum Gasteiger partial charge on any atom is 0.408 e. The summed E-state index contributed by atoms with van der Waals surface area (Å²) in [7, 11) is 1.57. The largest absolute Gasteiger partial charge is 0.481 e. The summed E-state index contributed by atoms with van der Waals surface area (Å²) in [6.45, 7) is 6.24. The minimum Gasteiger partial charge on any atom is -0.481 e. The van der Waals surface area contributed by atoms with Gasteiger partial charge in [0.05, 0.1) is 24.5 Å². The number of alkyl carbamates (subject to hydrolysis) is 1. The molecule has 262 valence electrons. The maximum atomic E-state index is 14.0. The summed E-state index contributed by atoms with van der Waals surface area (Å²) in [5.41, 5.74) is -0.0712. The fourth-order valence-corrected chi connectivity index (χ4v) is 6.06. The van der Waals surface area contributed by atoms with Gasteiger partial charge in [-0.1, -0.05) is 54.1 Å². The summed E-state index contributed by atoms with van der Waals surface area (Å²) in [5, 5.41) is 25.4. The zero-order chi connectivity index (χ0) is 35.6. The minimum atomic E-state index is -1.35. The molecule has 0 aliphatic carbocycles. The van der Waals surface area contributed by atoms with Crippen LogP contribution in [0, 0.1) is 5.92 Å². The molecule has 1 aliphatic heterocycles. The monoisotopic (exact) mass is 686 g/mol. The van der Waals surface area contributed by atoms with E-state index in [1.54, 1.807) is 44.9 Å². The van der Waals surface area contributed by atoms with E-state index in [1.807, 2.05) is 42.5 Å². The molecule has 2 aromatic rings. The van der Waals surface area contributed by atoms with Gasteiger partial charge in [0, 0.05) is 25.2 Å². The van der Waals surface area contributed by atoms with Gasteiger partial charge in [0.2, 0.25) is 17.7 Å². The van der Waals surface area contributed by atoms with Crippen LogP contribution in [0.4, 0.5) is 4.79 Å². The normalized spacial score (nSPS) is 18.2. The number of carbonyl (C=O) groups excluding carboxylic acids is 4. The van der Waals surface area contributed by atoms with Gasteiger partial charge in [-0.3, -0.25) is 19.2 Å². The molecule has 0 saturated carbocycles. The Morgan fingerprint density at radius 2 is 1.67 bits per heavy atom. The lowest BCUT2D eigenvalue weighted by Crippen LogP contribution is -2.65. The van der Waals surface area contributed by atoms with Crippen molar-refractivity contribution >= 4 is 41.4 Å². The molecular formula is C35H47ClN4O8. The average Bonchev–Trinajstić information content (AvgIpc) is 3.02. The van der Waals surface area contributed by atoms with Crippen LogP contribution in [0.15, 0.2) is 54.6 Å². The number of hydrogen-bond acceptors (Lipinski definition) is 7. The van der Waals surface area contributed by atoms with E-state index in [-0.39, 0.29) is 25.3 Å². The van der Waals surface area contributed by atoms with Gasteiger partial charge in [-0.2, -0.15) is 0 Å². The van der Waals surface area contributed by atoms with Gasteiger partial charge < -0.3 is 35.4 Å². The van der Waals surface area contributed by atoms with E-state index in [1.165, 1.54) is 11.8 Å². The van der Waals surface area contributed by atoms with E-state index < -0.39 is 59.6 Å². The second-order valence-electron chi connectivity index (χ2n) is 13.4. The van der Waals surface area contributed by atoms with Crippen molar-refractivity contribution in [1.29, 1.82) is 0 Å². The molecule has 13 heteroatoms. The number of benzene rings is 2. The number of carboxylic acid groups (broad SMARTS) is 1. The zero-order valence-corrected chi connectivity index (χ0v) is 29.0. The van der Waals surface area contributed by atoms with Gasteiger partial charge in [0.15, 0.2) is 0 Å². The molecule has 4 amide bonds. The lowest BCUT2D eigenvalue weighted by molar-refractivity contribution is -0.151. The molecule has 12 nitrogen and oxygen atoms in total. The van der Waals surface area contributed by atoms with Crippen LogP contribution >= 0.6 is 11.6 Å². The highest BCUT2D eigenvalue weighted by Crippen LogP contribution is 2.33. The number of rotatable bonds is 13. The molecule has 1 aliphatic rings. The number of amides is 4. The summed E-state index contributed by atoms with van der Waals surface area (Å²) in [6, 6.07) is 13.9. The molecule has 1 heterocycles. The fourth-order valence-electron chi connectivity index (χ4n) is 5.93. The lowest BCUT2D eigenvalue weighted by Gasteiger charge is -2.49. The number of aliphatic hydroxyl groups is 1. The first-order valence-corrected chi connectivity index (χ1v) is 16.4. The molecule has 4 atom stereocenters. The molecule has 1 fully saturated rings. The number of carboxylic acids is 1. The highest BCUT2D eigenvalue weighted by Gasteiger charge is 2.45. The van der Waals surface area contributed by atoms with Crippen molar-refractivity contribution in [2.45, 2.75) is 83.0 Å². The number of likely N-dealkylation sites (N-methyl/N-ethyl adjacent to an activating group) is 1. The van der Waals surface area contributed by atoms with Crippen LogP contribution in [0.5, 0.6) is 0 Å². The van der Waals surface area contributed by atoms with Gasteiger partial charge in [0.1, 0.15) is 17.7 Å². The Morgan fingerprint density at radius 1 is 1.02 bits per heavy atom. The minimum absolute atomic E-state index is 0.101. The van der Waals surface area contributed by atoms with Crippen molar-refractivity contribution in [3.8, 4) is 0 Å². The molecule has 1 saturated heterocycles. The van der Waals surface area contributed by atoms with E-state index >= 15 is 0 Å². The van der Waals surface area contributed by atoms with Crippen LogP contribution in [-0.2, 0) is 36.8 Å². The second-order valence-corrected chi connectivity index (χ2v) is 13.8. The number of nitrogens with zero attached hydrogens (tertiary/aromatic N) is 2. The quantitative estimate of drug-likeness (QED) is 0.249. The number of piperidine rings is 1. The van der Waals surface area contributed by atoms with Crippen LogP contribution < -0.4 is 10.6 Å². The van der Waals surface area contributed by atoms with Gasteiger partial charge in [-0.15, -0.1) is 0 Å². The Hall–Kier alpha value is -4.16. The summed E-state index contributed by atoms with van der Waals surface area (Å²) in [4.78, 5) is 68.1. The van der Waals surface area contributed by atoms with Crippen molar-refractivity contribution in [2.75, 3.05) is 26.7 Å². The second kappa shape index (κ2) is 16.8. The van der Waals surface area contributed by atoms with Gasteiger partial charge in [-0.05, 0) is 76.6 Å². The summed E-state index contributed by atoms with van der Waals surface area (Å²) < 4.78 is 5.20. The van der Waals surface area contributed by atoms with Crippen molar-refractivity contribution in [3.63, 3.8) is 0 Å². The van der Waals surface area contributed by atoms with Crippen molar-refractivity contribution in [2.24, 2.45) is 5.92 Å². The SMILES string of the molecule is CC(NC(=O)OC(C)(C)C)C(=O)NC(CO)C(=O)N(C)C1(Cc2ccc(Cl)cc2)CCCN(C(=O)C(CC(=O)O)Cc2ccccc2)C1. The molecule has 0 aromatic heterocycles. The standard InChI is InChI=1S/C35H47ClN4O8/c1-23(37-33(47)48-34(2,3)4)30(44)38-28(21-41)32(46)39(5)35(20-25-12-14-27(36)15-13-25)16-9-17-40(22-35)31(45)26(19-29(42)43)18-24-10-7-6-8-11-24/h6-8,10-15,23,26,28,41H,9,16-22H2,1-5H3,(H,37,47)(H,38,44)(H,42,43).